The van der Waals surface area contributed by atoms with Crippen LogP contribution in [0.25, 0.3) is 0 Å². The van der Waals surface area contributed by atoms with Crippen molar-refractivity contribution in [2.75, 3.05) is 14.2 Å². The fourth-order valence-corrected chi connectivity index (χ4v) is 2.70. The van der Waals surface area contributed by atoms with Crippen LogP contribution in [0.2, 0.25) is 5.02 Å². The Bertz CT molecular complexity index is 659. The van der Waals surface area contributed by atoms with Crippen molar-refractivity contribution in [1.29, 1.82) is 0 Å². The monoisotopic (exact) mass is 328 g/mol. The zero-order valence-electron chi connectivity index (χ0n) is 11.9. The van der Waals surface area contributed by atoms with Crippen molar-refractivity contribution in [1.82, 2.24) is 0 Å². The number of methoxy groups -OCH3 is 2. The van der Waals surface area contributed by atoms with Crippen molar-refractivity contribution in [2.45, 2.75) is 12.3 Å². The Balaban J connectivity index is 2.45. The number of halogens is 3. The summed E-state index contributed by atoms with van der Waals surface area (Å²) in [5, 5.41) is -0.204. The van der Waals surface area contributed by atoms with Gasteiger partial charge >= 0.3 is 0 Å². The van der Waals surface area contributed by atoms with Gasteiger partial charge in [-0.2, -0.15) is 0 Å². The highest BCUT2D eigenvalue weighted by molar-refractivity contribution is 6.33. The third-order valence-corrected chi connectivity index (χ3v) is 4.07. The minimum atomic E-state index is -0.503. The van der Waals surface area contributed by atoms with Crippen molar-refractivity contribution in [3.63, 3.8) is 0 Å². The maximum absolute atomic E-state index is 13.5. The van der Waals surface area contributed by atoms with E-state index in [0.717, 1.165) is 5.56 Å². The van der Waals surface area contributed by atoms with Crippen LogP contribution in [-0.2, 0) is 0 Å². The molecule has 1 unspecified atom stereocenters. The molecule has 0 bridgehead atoms. The molecule has 0 spiro atoms. The summed E-state index contributed by atoms with van der Waals surface area (Å²) in [5.74, 6) is 0.849. The van der Waals surface area contributed by atoms with Crippen LogP contribution in [0, 0.1) is 12.7 Å². The minimum absolute atomic E-state index is 0.299. The average Bonchev–Trinajstić information content (AvgIpc) is 2.49. The molecule has 0 aliphatic rings. The van der Waals surface area contributed by atoms with Crippen molar-refractivity contribution >= 4 is 23.2 Å². The summed E-state index contributed by atoms with van der Waals surface area (Å²) >= 11 is 12.6. The van der Waals surface area contributed by atoms with Crippen molar-refractivity contribution in [3.05, 3.63) is 57.9 Å². The van der Waals surface area contributed by atoms with Gasteiger partial charge in [-0.25, -0.2) is 4.39 Å². The van der Waals surface area contributed by atoms with Crippen LogP contribution in [0.4, 0.5) is 4.39 Å². The molecule has 112 valence electrons. The highest BCUT2D eigenvalue weighted by Crippen LogP contribution is 2.38. The summed E-state index contributed by atoms with van der Waals surface area (Å²) in [6.07, 6.45) is 0. The Labute approximate surface area is 133 Å². The Morgan fingerprint density at radius 1 is 1.05 bits per heavy atom. The van der Waals surface area contributed by atoms with E-state index < -0.39 is 5.38 Å². The van der Waals surface area contributed by atoms with Gasteiger partial charge in [0.25, 0.3) is 0 Å². The normalized spacial score (nSPS) is 12.1. The molecule has 2 nitrogen and oxygen atoms in total. The third-order valence-electron chi connectivity index (χ3n) is 3.25. The molecule has 2 aromatic carbocycles. The Morgan fingerprint density at radius 3 is 2.33 bits per heavy atom. The number of ether oxygens (including phenoxy) is 2. The molecule has 0 aliphatic heterocycles. The number of rotatable bonds is 4. The molecule has 0 saturated carbocycles. The van der Waals surface area contributed by atoms with E-state index in [0.29, 0.717) is 27.6 Å². The summed E-state index contributed by atoms with van der Waals surface area (Å²) in [4.78, 5) is 0. The second-order valence-electron chi connectivity index (χ2n) is 4.60. The van der Waals surface area contributed by atoms with Gasteiger partial charge in [-0.05, 0) is 47.9 Å². The van der Waals surface area contributed by atoms with E-state index in [1.807, 2.05) is 6.07 Å². The van der Waals surface area contributed by atoms with Gasteiger partial charge in [0.2, 0.25) is 0 Å². The molecule has 0 N–H and O–H groups in total. The number of alkyl halides is 1. The predicted molar refractivity (Wildman–Crippen MR) is 83.4 cm³/mol. The topological polar surface area (TPSA) is 18.5 Å². The first-order valence-corrected chi connectivity index (χ1v) is 7.11. The molecular formula is C16H15Cl2FO2. The van der Waals surface area contributed by atoms with Crippen LogP contribution >= 0.6 is 23.2 Å². The van der Waals surface area contributed by atoms with Gasteiger partial charge in [-0.1, -0.05) is 17.7 Å². The zero-order valence-corrected chi connectivity index (χ0v) is 13.4. The van der Waals surface area contributed by atoms with E-state index in [1.165, 1.54) is 6.07 Å². The van der Waals surface area contributed by atoms with E-state index in [-0.39, 0.29) is 5.82 Å². The molecule has 0 amide bonds. The number of hydrogen-bond donors (Lipinski definition) is 0. The molecule has 1 atom stereocenters. The van der Waals surface area contributed by atoms with Gasteiger partial charge in [0.15, 0.2) is 11.5 Å². The SMILES string of the molecule is COc1ccc(C(Cl)c2cc(C)c(F)cc2Cl)cc1OC. The largest absolute Gasteiger partial charge is 0.493 e. The highest BCUT2D eigenvalue weighted by atomic mass is 35.5. The highest BCUT2D eigenvalue weighted by Gasteiger charge is 2.18. The van der Waals surface area contributed by atoms with Crippen LogP contribution in [-0.4, -0.2) is 14.2 Å². The third kappa shape index (κ3) is 3.25. The van der Waals surface area contributed by atoms with Crippen molar-refractivity contribution < 1.29 is 13.9 Å². The number of aryl methyl sites for hydroxylation is 1. The molecule has 0 fully saturated rings. The van der Waals surface area contributed by atoms with Crippen LogP contribution in [0.3, 0.4) is 0 Å². The molecule has 5 heteroatoms. The molecule has 21 heavy (non-hydrogen) atoms. The van der Waals surface area contributed by atoms with E-state index in [9.17, 15) is 4.39 Å². The van der Waals surface area contributed by atoms with Gasteiger partial charge in [0, 0.05) is 5.02 Å². The van der Waals surface area contributed by atoms with Crippen LogP contribution in [0.5, 0.6) is 11.5 Å². The molecule has 0 aliphatic carbocycles. The first kappa shape index (κ1) is 15.9. The summed E-state index contributed by atoms with van der Waals surface area (Å²) in [7, 11) is 3.12. The van der Waals surface area contributed by atoms with Crippen LogP contribution in [0.1, 0.15) is 22.1 Å². The smallest absolute Gasteiger partial charge is 0.161 e. The lowest BCUT2D eigenvalue weighted by Crippen LogP contribution is -1.99. The second-order valence-corrected chi connectivity index (χ2v) is 5.44. The molecule has 2 aromatic rings. The van der Waals surface area contributed by atoms with Crippen LogP contribution in [0.15, 0.2) is 30.3 Å². The molecule has 2 rings (SSSR count). The Morgan fingerprint density at radius 2 is 1.71 bits per heavy atom. The fraction of sp³-hybridized carbons (Fsp3) is 0.250. The molecular weight excluding hydrogens is 314 g/mol. The van der Waals surface area contributed by atoms with E-state index in [4.69, 9.17) is 32.7 Å². The summed E-state index contributed by atoms with van der Waals surface area (Å²) in [6, 6.07) is 8.32. The number of benzene rings is 2. The summed E-state index contributed by atoms with van der Waals surface area (Å²) in [6.45, 7) is 1.67. The number of hydrogen-bond acceptors (Lipinski definition) is 2. The fourth-order valence-electron chi connectivity index (χ4n) is 2.06. The van der Waals surface area contributed by atoms with Crippen molar-refractivity contribution in [2.24, 2.45) is 0 Å². The lowest BCUT2D eigenvalue weighted by Gasteiger charge is -2.16. The maximum Gasteiger partial charge on any atom is 0.161 e. The first-order chi connectivity index (χ1) is 9.97. The predicted octanol–water partition coefficient (Wildman–Crippen LogP) is 5.13. The Hall–Kier alpha value is -1.45. The van der Waals surface area contributed by atoms with E-state index in [2.05, 4.69) is 0 Å². The van der Waals surface area contributed by atoms with Crippen molar-refractivity contribution in [3.8, 4) is 11.5 Å². The van der Waals surface area contributed by atoms with Crippen LogP contribution < -0.4 is 9.47 Å². The summed E-state index contributed by atoms with van der Waals surface area (Å²) < 4.78 is 23.9. The van der Waals surface area contributed by atoms with Gasteiger partial charge in [0.05, 0.1) is 19.6 Å². The average molecular weight is 329 g/mol. The second kappa shape index (κ2) is 6.54. The van der Waals surface area contributed by atoms with Gasteiger partial charge in [-0.15, -0.1) is 11.6 Å². The molecule has 0 radical (unpaired) electrons. The first-order valence-electron chi connectivity index (χ1n) is 6.29. The molecule has 0 heterocycles. The lowest BCUT2D eigenvalue weighted by molar-refractivity contribution is 0.354. The molecule has 0 saturated heterocycles. The maximum atomic E-state index is 13.5. The van der Waals surface area contributed by atoms with Gasteiger partial charge in [0.1, 0.15) is 5.82 Å². The van der Waals surface area contributed by atoms with E-state index in [1.54, 1.807) is 39.3 Å². The van der Waals surface area contributed by atoms with E-state index >= 15 is 0 Å². The summed E-state index contributed by atoms with van der Waals surface area (Å²) in [5.41, 5.74) is 1.95. The van der Waals surface area contributed by atoms with Gasteiger partial charge < -0.3 is 9.47 Å². The quantitative estimate of drug-likeness (QED) is 0.724. The zero-order chi connectivity index (χ0) is 15.6. The molecule has 0 aromatic heterocycles. The lowest BCUT2D eigenvalue weighted by atomic mass is 10.0. The standard InChI is InChI=1S/C16H15Cl2FO2/c1-9-6-11(12(17)8-13(9)19)16(18)10-4-5-14(20-2)15(7-10)21-3/h4-8,16H,1-3H3. The minimum Gasteiger partial charge on any atom is -0.493 e. The van der Waals surface area contributed by atoms with Gasteiger partial charge in [-0.3, -0.25) is 0 Å². The Kier molecular flexibility index (Phi) is 4.96.